The molecule has 10 heteroatoms. The van der Waals surface area contributed by atoms with Crippen LogP contribution >= 0.6 is 15.9 Å². The number of rotatable bonds is 6. The van der Waals surface area contributed by atoms with E-state index in [9.17, 15) is 18.0 Å². The van der Waals surface area contributed by atoms with Gasteiger partial charge in [0.2, 0.25) is 15.9 Å². The summed E-state index contributed by atoms with van der Waals surface area (Å²) >= 11 is 3.32. The number of H-pyrrole nitrogens is 1. The molecule has 3 rings (SSSR count). The molecule has 0 spiro atoms. The van der Waals surface area contributed by atoms with Gasteiger partial charge < -0.3 is 15.2 Å². The van der Waals surface area contributed by atoms with Gasteiger partial charge >= 0.3 is 0 Å². The summed E-state index contributed by atoms with van der Waals surface area (Å²) in [4.78, 5) is 29.4. The molecule has 162 valence electrons. The number of aromatic nitrogens is 1. The normalized spacial score (nSPS) is 15.4. The van der Waals surface area contributed by atoms with Crippen molar-refractivity contribution in [2.45, 2.75) is 24.7 Å². The SMILES string of the molecule is CC1CCN(C(=O)c2cc(S(=O)(=O)N(C)CC(=O)Nc3cccc(Br)c3)c[nH]2)CC1. The van der Waals surface area contributed by atoms with Gasteiger partial charge in [0.1, 0.15) is 10.6 Å². The van der Waals surface area contributed by atoms with E-state index in [1.807, 2.05) is 6.07 Å². The molecule has 0 saturated carbocycles. The van der Waals surface area contributed by atoms with Crippen molar-refractivity contribution in [2.75, 3.05) is 32.0 Å². The number of sulfonamides is 1. The summed E-state index contributed by atoms with van der Waals surface area (Å²) in [6, 6.07) is 8.35. The number of likely N-dealkylation sites (N-methyl/N-ethyl adjacent to an activating group) is 1. The Morgan fingerprint density at radius 1 is 1.27 bits per heavy atom. The molecular formula is C20H25BrN4O4S. The van der Waals surface area contributed by atoms with E-state index in [0.717, 1.165) is 21.6 Å². The zero-order chi connectivity index (χ0) is 21.9. The highest BCUT2D eigenvalue weighted by molar-refractivity contribution is 9.10. The van der Waals surface area contributed by atoms with Crippen molar-refractivity contribution >= 4 is 43.5 Å². The fourth-order valence-corrected chi connectivity index (χ4v) is 4.78. The Hall–Kier alpha value is -2.17. The quantitative estimate of drug-likeness (QED) is 0.641. The summed E-state index contributed by atoms with van der Waals surface area (Å²) < 4.78 is 27.4. The highest BCUT2D eigenvalue weighted by Crippen LogP contribution is 2.21. The van der Waals surface area contributed by atoms with Gasteiger partial charge in [-0.2, -0.15) is 4.31 Å². The third-order valence-corrected chi connectivity index (χ3v) is 7.42. The first-order chi connectivity index (χ1) is 14.2. The van der Waals surface area contributed by atoms with E-state index in [2.05, 4.69) is 33.2 Å². The third-order valence-electron chi connectivity index (χ3n) is 5.14. The minimum atomic E-state index is -3.93. The van der Waals surface area contributed by atoms with Gasteiger partial charge in [0, 0.05) is 36.5 Å². The van der Waals surface area contributed by atoms with E-state index >= 15 is 0 Å². The van der Waals surface area contributed by atoms with Gasteiger partial charge in [0.25, 0.3) is 5.91 Å². The maximum Gasteiger partial charge on any atom is 0.270 e. The molecule has 2 amide bonds. The summed E-state index contributed by atoms with van der Waals surface area (Å²) in [7, 11) is -2.60. The van der Waals surface area contributed by atoms with Crippen LogP contribution < -0.4 is 5.32 Å². The number of nitrogens with one attached hydrogen (secondary N) is 2. The van der Waals surface area contributed by atoms with Crippen molar-refractivity contribution in [2.24, 2.45) is 5.92 Å². The highest BCUT2D eigenvalue weighted by atomic mass is 79.9. The summed E-state index contributed by atoms with van der Waals surface area (Å²) in [5.74, 6) is -0.0859. The lowest BCUT2D eigenvalue weighted by atomic mass is 9.99. The minimum absolute atomic E-state index is 0.0472. The Balaban J connectivity index is 1.64. The van der Waals surface area contributed by atoms with Crippen LogP contribution in [0.5, 0.6) is 0 Å². The molecule has 30 heavy (non-hydrogen) atoms. The maximum absolute atomic E-state index is 12.8. The second-order valence-electron chi connectivity index (χ2n) is 7.54. The zero-order valence-corrected chi connectivity index (χ0v) is 19.3. The predicted molar refractivity (Wildman–Crippen MR) is 118 cm³/mol. The molecule has 1 aliphatic rings. The van der Waals surface area contributed by atoms with E-state index in [0.29, 0.717) is 24.7 Å². The topological polar surface area (TPSA) is 103 Å². The van der Waals surface area contributed by atoms with Gasteiger partial charge in [-0.05, 0) is 43.0 Å². The van der Waals surface area contributed by atoms with Crippen LogP contribution in [-0.4, -0.2) is 61.1 Å². The number of benzene rings is 1. The van der Waals surface area contributed by atoms with Crippen LogP contribution in [0, 0.1) is 5.92 Å². The van der Waals surface area contributed by atoms with Crippen molar-refractivity contribution in [3.8, 4) is 0 Å². The van der Waals surface area contributed by atoms with Crippen LogP contribution in [0.15, 0.2) is 45.9 Å². The van der Waals surface area contributed by atoms with E-state index in [4.69, 9.17) is 0 Å². The van der Waals surface area contributed by atoms with Crippen LogP contribution in [0.3, 0.4) is 0 Å². The zero-order valence-electron chi connectivity index (χ0n) is 16.9. The van der Waals surface area contributed by atoms with Crippen molar-refractivity contribution in [1.29, 1.82) is 0 Å². The second kappa shape index (κ2) is 9.32. The van der Waals surface area contributed by atoms with Crippen molar-refractivity contribution in [3.05, 3.63) is 46.7 Å². The average Bonchev–Trinajstić information content (AvgIpc) is 3.19. The monoisotopic (exact) mass is 496 g/mol. The minimum Gasteiger partial charge on any atom is -0.356 e. The number of halogens is 1. The number of hydrogen-bond donors (Lipinski definition) is 2. The van der Waals surface area contributed by atoms with E-state index in [-0.39, 0.29) is 23.0 Å². The largest absolute Gasteiger partial charge is 0.356 e. The van der Waals surface area contributed by atoms with Gasteiger partial charge in [-0.3, -0.25) is 9.59 Å². The molecule has 0 atom stereocenters. The summed E-state index contributed by atoms with van der Waals surface area (Å²) in [5, 5.41) is 2.66. The van der Waals surface area contributed by atoms with E-state index < -0.39 is 15.9 Å². The third kappa shape index (κ3) is 5.30. The summed E-state index contributed by atoms with van der Waals surface area (Å²) in [6.07, 6.45) is 3.17. The second-order valence-corrected chi connectivity index (χ2v) is 10.5. The van der Waals surface area contributed by atoms with E-state index in [1.165, 1.54) is 19.3 Å². The lowest BCUT2D eigenvalue weighted by Gasteiger charge is -2.29. The summed E-state index contributed by atoms with van der Waals surface area (Å²) in [5.41, 5.74) is 0.792. The van der Waals surface area contributed by atoms with Gasteiger partial charge in [0.15, 0.2) is 0 Å². The molecule has 0 unspecified atom stereocenters. The number of hydrogen-bond acceptors (Lipinski definition) is 4. The molecular weight excluding hydrogens is 472 g/mol. The molecule has 2 N–H and O–H groups in total. The highest BCUT2D eigenvalue weighted by Gasteiger charge is 2.27. The number of aromatic amines is 1. The first-order valence-electron chi connectivity index (χ1n) is 9.66. The lowest BCUT2D eigenvalue weighted by Crippen LogP contribution is -2.38. The standard InChI is InChI=1S/C20H25BrN4O4S/c1-14-6-8-25(9-7-14)20(27)18-11-17(12-22-18)30(28,29)24(2)13-19(26)23-16-5-3-4-15(21)10-16/h3-5,10-12,14,22H,6-9,13H2,1-2H3,(H,23,26). The van der Waals surface area contributed by atoms with Crippen LogP contribution in [0.2, 0.25) is 0 Å². The van der Waals surface area contributed by atoms with Gasteiger partial charge in [-0.25, -0.2) is 8.42 Å². The number of carbonyl (C=O) groups excluding carboxylic acids is 2. The smallest absolute Gasteiger partial charge is 0.270 e. The first kappa shape index (κ1) is 22.5. The Bertz CT molecular complexity index is 1030. The van der Waals surface area contributed by atoms with Crippen LogP contribution in [0.1, 0.15) is 30.3 Å². The Kier molecular flexibility index (Phi) is 6.99. The molecule has 1 aromatic carbocycles. The molecule has 0 radical (unpaired) electrons. The molecule has 1 aliphatic heterocycles. The lowest BCUT2D eigenvalue weighted by molar-refractivity contribution is -0.116. The Morgan fingerprint density at radius 3 is 2.63 bits per heavy atom. The Labute approximate surface area is 184 Å². The maximum atomic E-state index is 12.8. The molecule has 0 bridgehead atoms. The molecule has 1 aromatic heterocycles. The molecule has 1 saturated heterocycles. The van der Waals surface area contributed by atoms with Crippen molar-refractivity contribution < 1.29 is 18.0 Å². The molecule has 0 aliphatic carbocycles. The van der Waals surface area contributed by atoms with Crippen molar-refractivity contribution in [3.63, 3.8) is 0 Å². The first-order valence-corrected chi connectivity index (χ1v) is 11.9. The summed E-state index contributed by atoms with van der Waals surface area (Å²) in [6.45, 7) is 3.13. The van der Waals surface area contributed by atoms with E-state index in [1.54, 1.807) is 23.1 Å². The van der Waals surface area contributed by atoms with Gasteiger partial charge in [-0.1, -0.05) is 28.9 Å². The number of amides is 2. The predicted octanol–water partition coefficient (Wildman–Crippen LogP) is 2.91. The number of likely N-dealkylation sites (tertiary alicyclic amines) is 1. The van der Waals surface area contributed by atoms with Crippen LogP contribution in [0.25, 0.3) is 0 Å². The fraction of sp³-hybridized carbons (Fsp3) is 0.400. The number of nitrogens with zero attached hydrogens (tertiary/aromatic N) is 2. The average molecular weight is 497 g/mol. The number of carbonyl (C=O) groups is 2. The molecule has 2 heterocycles. The molecule has 1 fully saturated rings. The number of piperidine rings is 1. The van der Waals surface area contributed by atoms with Gasteiger partial charge in [-0.15, -0.1) is 0 Å². The van der Waals surface area contributed by atoms with Gasteiger partial charge in [0.05, 0.1) is 6.54 Å². The molecule has 2 aromatic rings. The fourth-order valence-electron chi connectivity index (χ4n) is 3.26. The van der Waals surface area contributed by atoms with Crippen LogP contribution in [-0.2, 0) is 14.8 Å². The van der Waals surface area contributed by atoms with Crippen molar-refractivity contribution in [1.82, 2.24) is 14.2 Å². The number of anilines is 1. The Morgan fingerprint density at radius 2 is 1.97 bits per heavy atom. The van der Waals surface area contributed by atoms with Crippen LogP contribution in [0.4, 0.5) is 5.69 Å². The molecule has 8 nitrogen and oxygen atoms in total.